The molecule has 0 saturated heterocycles. The molecular weight excluding hydrogens is 617 g/mol. The lowest BCUT2D eigenvalue weighted by Gasteiger charge is -2.27. The average Bonchev–Trinajstić information content (AvgIpc) is 3.56. The Labute approximate surface area is 259 Å². The van der Waals surface area contributed by atoms with Gasteiger partial charge in [0.05, 0.1) is 40.0 Å². The van der Waals surface area contributed by atoms with E-state index in [0.717, 1.165) is 11.3 Å². The van der Waals surface area contributed by atoms with E-state index in [1.165, 1.54) is 36.0 Å². The number of benzene rings is 2. The number of rotatable bonds is 9. The van der Waals surface area contributed by atoms with Crippen molar-refractivity contribution < 1.29 is 23.6 Å². The maximum Gasteiger partial charge on any atom is 0.338 e. The largest absolute Gasteiger partial charge is 0.496 e. The van der Waals surface area contributed by atoms with E-state index in [4.69, 9.17) is 42.1 Å². The first-order valence-electron chi connectivity index (χ1n) is 13.3. The highest BCUT2D eigenvalue weighted by Crippen LogP contribution is 2.38. The number of nitro groups is 1. The van der Waals surface area contributed by atoms with E-state index in [2.05, 4.69) is 0 Å². The predicted octanol–water partition coefficient (Wildman–Crippen LogP) is 6.06. The van der Waals surface area contributed by atoms with Crippen LogP contribution in [0.25, 0.3) is 17.4 Å². The van der Waals surface area contributed by atoms with Gasteiger partial charge in [-0.15, -0.1) is 0 Å². The van der Waals surface area contributed by atoms with Crippen molar-refractivity contribution in [3.05, 3.63) is 111 Å². The second-order valence-electron chi connectivity index (χ2n) is 9.42. The fraction of sp³-hybridized carbons (Fsp3) is 0.233. The summed E-state index contributed by atoms with van der Waals surface area (Å²) in [6, 6.07) is 11.5. The zero-order valence-electron chi connectivity index (χ0n) is 23.3. The van der Waals surface area contributed by atoms with E-state index in [1.807, 2.05) is 6.92 Å². The molecule has 13 heteroatoms. The monoisotopic (exact) mass is 641 g/mol. The van der Waals surface area contributed by atoms with Crippen molar-refractivity contribution in [2.45, 2.75) is 32.7 Å². The molecule has 0 amide bonds. The van der Waals surface area contributed by atoms with Crippen molar-refractivity contribution in [2.75, 3.05) is 13.7 Å². The number of carbonyl (C=O) groups is 1. The molecule has 4 aromatic rings. The van der Waals surface area contributed by atoms with Crippen LogP contribution in [0.2, 0.25) is 10.0 Å². The summed E-state index contributed by atoms with van der Waals surface area (Å²) in [6.07, 6.45) is 2.71. The maximum atomic E-state index is 14.0. The van der Waals surface area contributed by atoms with Crippen molar-refractivity contribution in [3.8, 4) is 17.1 Å². The molecule has 222 valence electrons. The molecule has 2 aromatic carbocycles. The quantitative estimate of drug-likeness (QED) is 0.123. The minimum Gasteiger partial charge on any atom is -0.496 e. The highest BCUT2D eigenvalue weighted by atomic mass is 35.5. The number of furan rings is 1. The van der Waals surface area contributed by atoms with Crippen molar-refractivity contribution in [2.24, 2.45) is 4.99 Å². The molecule has 1 aliphatic rings. The van der Waals surface area contributed by atoms with Crippen molar-refractivity contribution in [1.82, 2.24) is 4.57 Å². The standard InChI is InChI=1S/C30H25Cl2N3O7S/c1-4-6-21-26(29(37)41-5-2)27(20-13-16(31)8-11-23(20)40-3)34-28(36)25(43-30(34)33-21)15-18-9-12-24(42-18)19-10-7-17(32)14-22(19)35(38)39/h7-15,27H,4-6H2,1-3H3/b25-15+/t27-/m0/s1. The molecule has 0 saturated carbocycles. The topological polar surface area (TPSA) is 126 Å². The molecule has 43 heavy (non-hydrogen) atoms. The van der Waals surface area contributed by atoms with Gasteiger partial charge in [0.25, 0.3) is 11.2 Å². The van der Waals surface area contributed by atoms with Crippen molar-refractivity contribution in [1.29, 1.82) is 0 Å². The molecule has 0 aliphatic carbocycles. The van der Waals surface area contributed by atoms with Gasteiger partial charge in [-0.2, -0.15) is 0 Å². The summed E-state index contributed by atoms with van der Waals surface area (Å²) in [5, 5.41) is 12.2. The van der Waals surface area contributed by atoms with E-state index in [9.17, 15) is 19.7 Å². The molecule has 0 radical (unpaired) electrons. The number of aromatic nitrogens is 1. The highest BCUT2D eigenvalue weighted by molar-refractivity contribution is 7.07. The summed E-state index contributed by atoms with van der Waals surface area (Å²) in [5.74, 6) is 0.374. The van der Waals surface area contributed by atoms with Crippen LogP contribution in [-0.4, -0.2) is 29.2 Å². The summed E-state index contributed by atoms with van der Waals surface area (Å²) in [7, 11) is 1.50. The number of allylic oxidation sites excluding steroid dienone is 1. The summed E-state index contributed by atoms with van der Waals surface area (Å²) in [5.41, 5.74) is 0.854. The second-order valence-corrected chi connectivity index (χ2v) is 11.3. The molecule has 0 unspecified atom stereocenters. The van der Waals surface area contributed by atoms with Gasteiger partial charge in [0, 0.05) is 27.8 Å². The van der Waals surface area contributed by atoms with Crippen LogP contribution < -0.4 is 19.6 Å². The van der Waals surface area contributed by atoms with Gasteiger partial charge >= 0.3 is 5.97 Å². The van der Waals surface area contributed by atoms with Crippen LogP contribution in [0.3, 0.4) is 0 Å². The summed E-state index contributed by atoms with van der Waals surface area (Å²) in [4.78, 5) is 43.6. The van der Waals surface area contributed by atoms with Gasteiger partial charge in [0.2, 0.25) is 0 Å². The average molecular weight is 643 g/mol. The number of carbonyl (C=O) groups excluding carboxylic acids is 1. The molecule has 5 rings (SSSR count). The number of hydrogen-bond acceptors (Lipinski definition) is 9. The predicted molar refractivity (Wildman–Crippen MR) is 163 cm³/mol. The van der Waals surface area contributed by atoms with Gasteiger partial charge in [-0.1, -0.05) is 47.9 Å². The van der Waals surface area contributed by atoms with Crippen molar-refractivity contribution >= 4 is 52.3 Å². The Bertz CT molecular complexity index is 1960. The molecule has 0 spiro atoms. The van der Waals surface area contributed by atoms with Crippen LogP contribution in [0.5, 0.6) is 5.75 Å². The van der Waals surface area contributed by atoms with Gasteiger partial charge in [-0.25, -0.2) is 9.79 Å². The van der Waals surface area contributed by atoms with Gasteiger partial charge in [-0.3, -0.25) is 19.5 Å². The number of fused-ring (bicyclic) bond motifs is 1. The first-order chi connectivity index (χ1) is 20.7. The Hall–Kier alpha value is -4.19. The normalized spacial score (nSPS) is 14.8. The first kappa shape index (κ1) is 30.3. The zero-order valence-corrected chi connectivity index (χ0v) is 25.6. The number of nitrogens with zero attached hydrogens (tertiary/aromatic N) is 3. The number of ether oxygens (including phenoxy) is 2. The fourth-order valence-corrected chi connectivity index (χ4v) is 6.25. The van der Waals surface area contributed by atoms with E-state index >= 15 is 0 Å². The number of nitro benzene ring substituents is 1. The Morgan fingerprint density at radius 2 is 1.91 bits per heavy atom. The fourth-order valence-electron chi connectivity index (χ4n) is 4.90. The number of methoxy groups -OCH3 is 1. The molecule has 0 fully saturated rings. The second kappa shape index (κ2) is 12.6. The lowest BCUT2D eigenvalue weighted by atomic mass is 9.93. The number of halogens is 2. The Kier molecular flexibility index (Phi) is 8.86. The highest BCUT2D eigenvalue weighted by Gasteiger charge is 2.36. The Morgan fingerprint density at radius 3 is 2.60 bits per heavy atom. The molecular formula is C30H25Cl2N3O7S. The zero-order chi connectivity index (χ0) is 30.8. The van der Waals surface area contributed by atoms with E-state index < -0.39 is 22.5 Å². The third-order valence-electron chi connectivity index (χ3n) is 6.70. The van der Waals surface area contributed by atoms with Crippen LogP contribution in [0.1, 0.15) is 44.1 Å². The van der Waals surface area contributed by atoms with Crippen molar-refractivity contribution in [3.63, 3.8) is 0 Å². The van der Waals surface area contributed by atoms with Crippen LogP contribution in [0.15, 0.2) is 74.0 Å². The molecule has 1 atom stereocenters. The minimum absolute atomic E-state index is 0.137. The third kappa shape index (κ3) is 5.88. The van der Waals surface area contributed by atoms with Crippen LogP contribution >= 0.6 is 34.5 Å². The Balaban J connectivity index is 1.71. The molecule has 10 nitrogen and oxygen atoms in total. The SMILES string of the molecule is CCCC1=C(C(=O)OCC)[C@H](c2cc(Cl)ccc2OC)n2c(s/c(=C/c3ccc(-c4ccc(Cl)cc4[N+](=O)[O-])o3)c2=O)=N1. The number of hydrogen-bond donors (Lipinski definition) is 0. The minimum atomic E-state index is -0.920. The van der Waals surface area contributed by atoms with Crippen LogP contribution in [0, 0.1) is 10.1 Å². The first-order valence-corrected chi connectivity index (χ1v) is 14.8. The van der Waals surface area contributed by atoms with Gasteiger partial charge in [0.15, 0.2) is 4.80 Å². The third-order valence-corrected chi connectivity index (χ3v) is 8.15. The number of thiazole rings is 1. The van der Waals surface area contributed by atoms with Gasteiger partial charge in [-0.05, 0) is 55.8 Å². The molecule has 0 N–H and O–H groups in total. The van der Waals surface area contributed by atoms with E-state index in [0.29, 0.717) is 45.4 Å². The smallest absolute Gasteiger partial charge is 0.338 e. The molecule has 2 aromatic heterocycles. The van der Waals surface area contributed by atoms with Gasteiger partial charge in [0.1, 0.15) is 23.3 Å². The van der Waals surface area contributed by atoms with E-state index in [-0.39, 0.29) is 38.7 Å². The summed E-state index contributed by atoms with van der Waals surface area (Å²) >= 11 is 13.5. The summed E-state index contributed by atoms with van der Waals surface area (Å²) in [6.45, 7) is 3.81. The van der Waals surface area contributed by atoms with Crippen LogP contribution in [-0.2, 0) is 9.53 Å². The molecule has 0 bridgehead atoms. The van der Waals surface area contributed by atoms with Crippen LogP contribution in [0.4, 0.5) is 5.69 Å². The van der Waals surface area contributed by atoms with Gasteiger partial charge < -0.3 is 13.9 Å². The van der Waals surface area contributed by atoms with E-state index in [1.54, 1.807) is 37.3 Å². The summed E-state index contributed by atoms with van der Waals surface area (Å²) < 4.78 is 18.7. The lowest BCUT2D eigenvalue weighted by molar-refractivity contribution is -0.384. The lowest BCUT2D eigenvalue weighted by Crippen LogP contribution is -2.40. The maximum absolute atomic E-state index is 14.0. The number of esters is 1. The molecule has 3 heterocycles. The molecule has 1 aliphatic heterocycles. The Morgan fingerprint density at radius 1 is 1.16 bits per heavy atom.